The van der Waals surface area contributed by atoms with Gasteiger partial charge in [0.15, 0.2) is 0 Å². The van der Waals surface area contributed by atoms with Gasteiger partial charge in [-0.15, -0.1) is 0 Å². The van der Waals surface area contributed by atoms with Crippen LogP contribution in [0.15, 0.2) is 6.07 Å². The van der Waals surface area contributed by atoms with Crippen LogP contribution in [0.2, 0.25) is 0 Å². The average Bonchev–Trinajstić information content (AvgIpc) is 2.36. The van der Waals surface area contributed by atoms with Gasteiger partial charge in [-0.2, -0.15) is 4.98 Å². The van der Waals surface area contributed by atoms with Gasteiger partial charge in [0.2, 0.25) is 5.88 Å². The van der Waals surface area contributed by atoms with E-state index in [1.807, 2.05) is 19.9 Å². The Hall–Kier alpha value is -1.36. The molecule has 0 aliphatic heterocycles. The van der Waals surface area contributed by atoms with Crippen molar-refractivity contribution in [3.05, 3.63) is 11.9 Å². The van der Waals surface area contributed by atoms with E-state index in [1.54, 1.807) is 0 Å². The fraction of sp³-hybridized carbons (Fsp3) is 0.692. The Balaban J connectivity index is 2.95. The zero-order valence-electron chi connectivity index (χ0n) is 11.8. The summed E-state index contributed by atoms with van der Waals surface area (Å²) in [5.41, 5.74) is 5.77. The number of nitrogens with one attached hydrogen (secondary N) is 1. The molecule has 0 aromatic carbocycles. The highest BCUT2D eigenvalue weighted by Crippen LogP contribution is 2.22. The summed E-state index contributed by atoms with van der Waals surface area (Å²) in [6, 6.07) is 1.83. The summed E-state index contributed by atoms with van der Waals surface area (Å²) in [6.45, 7) is 9.22. The van der Waals surface area contributed by atoms with Crippen LogP contribution in [-0.2, 0) is 0 Å². The van der Waals surface area contributed by atoms with Gasteiger partial charge in [0, 0.05) is 12.6 Å². The number of hydrogen-bond acceptors (Lipinski definition) is 5. The quantitative estimate of drug-likeness (QED) is 0.777. The summed E-state index contributed by atoms with van der Waals surface area (Å²) in [4.78, 5) is 8.61. The molecule has 0 amide bonds. The van der Waals surface area contributed by atoms with Gasteiger partial charge >= 0.3 is 0 Å². The molecule has 0 unspecified atom stereocenters. The minimum Gasteiger partial charge on any atom is -0.478 e. The van der Waals surface area contributed by atoms with Crippen molar-refractivity contribution in [3.8, 4) is 5.88 Å². The average molecular weight is 252 g/mol. The molecule has 3 N–H and O–H groups in total. The Kier molecular flexibility index (Phi) is 5.34. The molecule has 5 nitrogen and oxygen atoms in total. The largest absolute Gasteiger partial charge is 0.478 e. The Morgan fingerprint density at radius 2 is 1.94 bits per heavy atom. The molecule has 0 aliphatic rings. The van der Waals surface area contributed by atoms with Gasteiger partial charge in [-0.05, 0) is 26.7 Å². The van der Waals surface area contributed by atoms with Crippen molar-refractivity contribution in [1.82, 2.24) is 9.97 Å². The standard InChI is InChI=1S/C13H24N4O/c1-5-13(6-2,9-14)17-11-8-12(18-7-3)16-10(4)15-11/h8H,5-7,9,14H2,1-4H3,(H,15,16,17). The monoisotopic (exact) mass is 252 g/mol. The van der Waals surface area contributed by atoms with Gasteiger partial charge in [-0.3, -0.25) is 0 Å². The zero-order chi connectivity index (χ0) is 13.6. The third kappa shape index (κ3) is 3.57. The molecule has 1 aromatic heterocycles. The van der Waals surface area contributed by atoms with E-state index in [9.17, 15) is 0 Å². The molecule has 0 bridgehead atoms. The Morgan fingerprint density at radius 1 is 1.28 bits per heavy atom. The molecule has 5 heteroatoms. The second-order valence-corrected chi connectivity index (χ2v) is 4.39. The first-order valence-electron chi connectivity index (χ1n) is 6.55. The van der Waals surface area contributed by atoms with Crippen LogP contribution in [0.3, 0.4) is 0 Å². The first-order valence-corrected chi connectivity index (χ1v) is 6.55. The topological polar surface area (TPSA) is 73.1 Å². The van der Waals surface area contributed by atoms with Crippen LogP contribution in [-0.4, -0.2) is 28.7 Å². The van der Waals surface area contributed by atoms with Gasteiger partial charge in [-0.25, -0.2) is 4.98 Å². The molecular weight excluding hydrogens is 228 g/mol. The van der Waals surface area contributed by atoms with E-state index in [4.69, 9.17) is 10.5 Å². The van der Waals surface area contributed by atoms with E-state index >= 15 is 0 Å². The molecule has 1 heterocycles. The second kappa shape index (κ2) is 6.54. The van der Waals surface area contributed by atoms with Crippen molar-refractivity contribution in [2.75, 3.05) is 18.5 Å². The summed E-state index contributed by atoms with van der Waals surface area (Å²) in [6.07, 6.45) is 1.90. The lowest BCUT2D eigenvalue weighted by molar-refractivity contribution is 0.325. The van der Waals surface area contributed by atoms with Gasteiger partial charge in [0.1, 0.15) is 11.6 Å². The first-order chi connectivity index (χ1) is 8.59. The molecule has 1 rings (SSSR count). The van der Waals surface area contributed by atoms with E-state index in [-0.39, 0.29) is 5.54 Å². The normalized spacial score (nSPS) is 11.4. The molecule has 18 heavy (non-hydrogen) atoms. The second-order valence-electron chi connectivity index (χ2n) is 4.39. The molecular formula is C13H24N4O. The van der Waals surface area contributed by atoms with E-state index < -0.39 is 0 Å². The fourth-order valence-corrected chi connectivity index (χ4v) is 1.86. The smallest absolute Gasteiger partial charge is 0.218 e. The lowest BCUT2D eigenvalue weighted by Crippen LogP contribution is -2.44. The maximum Gasteiger partial charge on any atom is 0.218 e. The van der Waals surface area contributed by atoms with Gasteiger partial charge < -0.3 is 15.8 Å². The Bertz CT molecular complexity index is 369. The maximum atomic E-state index is 5.87. The van der Waals surface area contributed by atoms with E-state index in [1.165, 1.54) is 0 Å². The van der Waals surface area contributed by atoms with Crippen molar-refractivity contribution < 1.29 is 4.74 Å². The number of hydrogen-bond donors (Lipinski definition) is 2. The highest BCUT2D eigenvalue weighted by Gasteiger charge is 2.24. The Labute approximate surface area is 109 Å². The lowest BCUT2D eigenvalue weighted by Gasteiger charge is -2.32. The van der Waals surface area contributed by atoms with Crippen LogP contribution < -0.4 is 15.8 Å². The molecule has 0 aliphatic carbocycles. The highest BCUT2D eigenvalue weighted by molar-refractivity contribution is 5.41. The highest BCUT2D eigenvalue weighted by atomic mass is 16.5. The van der Waals surface area contributed by atoms with Gasteiger partial charge in [0.25, 0.3) is 0 Å². The van der Waals surface area contributed by atoms with Crippen LogP contribution >= 0.6 is 0 Å². The third-order valence-corrected chi connectivity index (χ3v) is 3.24. The minimum absolute atomic E-state index is 0.107. The predicted octanol–water partition coefficient (Wildman–Crippen LogP) is 2.11. The summed E-state index contributed by atoms with van der Waals surface area (Å²) in [7, 11) is 0. The molecule has 0 radical (unpaired) electrons. The molecule has 1 aromatic rings. The summed E-state index contributed by atoms with van der Waals surface area (Å²) in [5.74, 6) is 2.08. The SMILES string of the molecule is CCOc1cc(NC(CC)(CC)CN)nc(C)n1. The van der Waals surface area contributed by atoms with E-state index in [2.05, 4.69) is 29.1 Å². The molecule has 102 valence electrons. The lowest BCUT2D eigenvalue weighted by atomic mass is 9.93. The number of ether oxygens (including phenoxy) is 1. The third-order valence-electron chi connectivity index (χ3n) is 3.24. The van der Waals surface area contributed by atoms with Crippen molar-refractivity contribution in [3.63, 3.8) is 0 Å². The van der Waals surface area contributed by atoms with E-state index in [0.29, 0.717) is 24.9 Å². The summed E-state index contributed by atoms with van der Waals surface area (Å²) in [5, 5.41) is 3.43. The fourth-order valence-electron chi connectivity index (χ4n) is 1.86. The van der Waals surface area contributed by atoms with Crippen LogP contribution in [0.5, 0.6) is 5.88 Å². The number of anilines is 1. The zero-order valence-corrected chi connectivity index (χ0v) is 11.8. The predicted molar refractivity (Wildman–Crippen MR) is 73.9 cm³/mol. The maximum absolute atomic E-state index is 5.87. The van der Waals surface area contributed by atoms with Crippen LogP contribution in [0.25, 0.3) is 0 Å². The van der Waals surface area contributed by atoms with Crippen molar-refractivity contribution >= 4 is 5.82 Å². The van der Waals surface area contributed by atoms with Crippen LogP contribution in [0.4, 0.5) is 5.82 Å². The first kappa shape index (κ1) is 14.7. The van der Waals surface area contributed by atoms with Gasteiger partial charge in [-0.1, -0.05) is 13.8 Å². The van der Waals surface area contributed by atoms with Crippen molar-refractivity contribution in [1.29, 1.82) is 0 Å². The molecule has 0 saturated heterocycles. The summed E-state index contributed by atoms with van der Waals surface area (Å²) >= 11 is 0. The molecule has 0 saturated carbocycles. The molecule has 0 fully saturated rings. The number of aromatic nitrogens is 2. The Morgan fingerprint density at radius 3 is 2.44 bits per heavy atom. The van der Waals surface area contributed by atoms with Crippen LogP contribution in [0.1, 0.15) is 39.4 Å². The van der Waals surface area contributed by atoms with Crippen molar-refractivity contribution in [2.24, 2.45) is 5.73 Å². The molecule has 0 spiro atoms. The number of aryl methyl sites for hydroxylation is 1. The summed E-state index contributed by atoms with van der Waals surface area (Å²) < 4.78 is 5.42. The minimum atomic E-state index is -0.107. The van der Waals surface area contributed by atoms with Gasteiger partial charge in [0.05, 0.1) is 12.1 Å². The number of nitrogens with zero attached hydrogens (tertiary/aromatic N) is 2. The van der Waals surface area contributed by atoms with Crippen LogP contribution in [0, 0.1) is 6.92 Å². The number of rotatable bonds is 7. The van der Waals surface area contributed by atoms with E-state index in [0.717, 1.165) is 18.7 Å². The van der Waals surface area contributed by atoms with Crippen molar-refractivity contribution in [2.45, 2.75) is 46.1 Å². The molecule has 0 atom stereocenters. The number of nitrogens with two attached hydrogens (primary N) is 1.